The van der Waals surface area contributed by atoms with E-state index in [1.807, 2.05) is 36.1 Å². The van der Waals surface area contributed by atoms with Crippen LogP contribution in [0.1, 0.15) is 28.6 Å². The van der Waals surface area contributed by atoms with Crippen molar-refractivity contribution < 1.29 is 14.3 Å². The molecule has 0 bridgehead atoms. The van der Waals surface area contributed by atoms with Gasteiger partial charge >= 0.3 is 5.97 Å². The third kappa shape index (κ3) is 2.20. The fraction of sp³-hybridized carbons (Fsp3) is 0.333. The summed E-state index contributed by atoms with van der Waals surface area (Å²) in [5.41, 5.74) is 2.80. The molecule has 1 aromatic carbocycles. The van der Waals surface area contributed by atoms with Crippen LogP contribution in [0.15, 0.2) is 35.1 Å². The van der Waals surface area contributed by atoms with Gasteiger partial charge in [-0.3, -0.25) is 9.69 Å². The standard InChI is InChI=1S/C15H16N2O3/c1-10-13(16-9-20-10)8-17-7-6-11-4-2-3-5-12(11)14(17)15(18)19/h2-5,9,14H,6-8H2,1H3,(H,18,19). The highest BCUT2D eigenvalue weighted by Gasteiger charge is 2.33. The maximum absolute atomic E-state index is 11.7. The molecule has 1 N–H and O–H groups in total. The predicted octanol–water partition coefficient (Wildman–Crippen LogP) is 2.17. The Morgan fingerprint density at radius 2 is 2.30 bits per heavy atom. The lowest BCUT2D eigenvalue weighted by Crippen LogP contribution is -2.39. The third-order valence-corrected chi connectivity index (χ3v) is 3.81. The lowest BCUT2D eigenvalue weighted by atomic mass is 9.92. The van der Waals surface area contributed by atoms with E-state index in [0.717, 1.165) is 29.0 Å². The maximum atomic E-state index is 11.7. The number of carbonyl (C=O) groups is 1. The number of hydrogen-bond acceptors (Lipinski definition) is 4. The molecule has 0 spiro atoms. The molecule has 104 valence electrons. The van der Waals surface area contributed by atoms with E-state index in [2.05, 4.69) is 4.98 Å². The van der Waals surface area contributed by atoms with E-state index < -0.39 is 12.0 Å². The van der Waals surface area contributed by atoms with Gasteiger partial charge in [0.05, 0.1) is 5.69 Å². The summed E-state index contributed by atoms with van der Waals surface area (Å²) in [5.74, 6) is -0.0775. The summed E-state index contributed by atoms with van der Waals surface area (Å²) in [6.45, 7) is 3.05. The number of oxazole rings is 1. The van der Waals surface area contributed by atoms with E-state index in [9.17, 15) is 9.90 Å². The summed E-state index contributed by atoms with van der Waals surface area (Å²) in [7, 11) is 0. The molecule has 1 atom stereocenters. The van der Waals surface area contributed by atoms with Crippen LogP contribution in [0.5, 0.6) is 0 Å². The van der Waals surface area contributed by atoms with Crippen LogP contribution in [0.4, 0.5) is 0 Å². The Hall–Kier alpha value is -2.14. The Morgan fingerprint density at radius 3 is 3.00 bits per heavy atom. The first kappa shape index (κ1) is 12.9. The molecule has 0 amide bonds. The molecule has 5 heteroatoms. The molecule has 2 heterocycles. The number of fused-ring (bicyclic) bond motifs is 1. The highest BCUT2D eigenvalue weighted by Crippen LogP contribution is 2.31. The van der Waals surface area contributed by atoms with Gasteiger partial charge in [-0.2, -0.15) is 0 Å². The second kappa shape index (κ2) is 5.09. The van der Waals surface area contributed by atoms with Gasteiger partial charge in [0.25, 0.3) is 0 Å². The Labute approximate surface area is 116 Å². The molecule has 3 rings (SSSR count). The van der Waals surface area contributed by atoms with Gasteiger partial charge in [-0.15, -0.1) is 0 Å². The fourth-order valence-electron chi connectivity index (χ4n) is 2.75. The van der Waals surface area contributed by atoms with Crippen molar-refractivity contribution in [3.8, 4) is 0 Å². The van der Waals surface area contributed by atoms with Crippen LogP contribution in [0.2, 0.25) is 0 Å². The second-order valence-electron chi connectivity index (χ2n) is 5.02. The molecule has 20 heavy (non-hydrogen) atoms. The number of nitrogens with zero attached hydrogens (tertiary/aromatic N) is 2. The Bertz CT molecular complexity index is 636. The number of carboxylic acids is 1. The minimum absolute atomic E-state index is 0.494. The first-order valence-corrected chi connectivity index (χ1v) is 6.60. The van der Waals surface area contributed by atoms with Crippen molar-refractivity contribution in [2.45, 2.75) is 25.9 Å². The van der Waals surface area contributed by atoms with Crippen molar-refractivity contribution in [1.82, 2.24) is 9.88 Å². The molecule has 0 radical (unpaired) electrons. The van der Waals surface area contributed by atoms with Crippen LogP contribution in [0, 0.1) is 6.92 Å². The van der Waals surface area contributed by atoms with Crippen molar-refractivity contribution in [3.05, 3.63) is 53.2 Å². The first-order valence-electron chi connectivity index (χ1n) is 6.60. The monoisotopic (exact) mass is 272 g/mol. The molecular weight excluding hydrogens is 256 g/mol. The fourth-order valence-corrected chi connectivity index (χ4v) is 2.75. The molecule has 0 fully saturated rings. The quantitative estimate of drug-likeness (QED) is 0.927. The van der Waals surface area contributed by atoms with E-state index in [-0.39, 0.29) is 0 Å². The van der Waals surface area contributed by atoms with E-state index >= 15 is 0 Å². The van der Waals surface area contributed by atoms with Gasteiger partial charge in [0.2, 0.25) is 0 Å². The van der Waals surface area contributed by atoms with Crippen LogP contribution in [0.25, 0.3) is 0 Å². The smallest absolute Gasteiger partial charge is 0.325 e. The molecule has 0 saturated heterocycles. The largest absolute Gasteiger partial charge is 0.480 e. The third-order valence-electron chi connectivity index (χ3n) is 3.81. The van der Waals surface area contributed by atoms with Crippen LogP contribution < -0.4 is 0 Å². The lowest BCUT2D eigenvalue weighted by molar-refractivity contribution is -0.144. The van der Waals surface area contributed by atoms with Crippen molar-refractivity contribution in [2.24, 2.45) is 0 Å². The maximum Gasteiger partial charge on any atom is 0.325 e. The number of carboxylic acid groups (broad SMARTS) is 1. The van der Waals surface area contributed by atoms with Gasteiger partial charge in [0.1, 0.15) is 11.8 Å². The molecule has 1 aromatic heterocycles. The van der Waals surface area contributed by atoms with Crippen LogP contribution >= 0.6 is 0 Å². The number of aromatic nitrogens is 1. The van der Waals surface area contributed by atoms with Crippen molar-refractivity contribution in [2.75, 3.05) is 6.54 Å². The highest BCUT2D eigenvalue weighted by atomic mass is 16.4. The second-order valence-corrected chi connectivity index (χ2v) is 5.02. The minimum atomic E-state index is -0.821. The zero-order valence-corrected chi connectivity index (χ0v) is 11.2. The number of rotatable bonds is 3. The summed E-state index contributed by atoms with van der Waals surface area (Å²) in [6.07, 6.45) is 2.26. The number of aliphatic carboxylic acids is 1. The van der Waals surface area contributed by atoms with Gasteiger partial charge in [-0.25, -0.2) is 4.98 Å². The van der Waals surface area contributed by atoms with E-state index in [4.69, 9.17) is 4.42 Å². The summed E-state index contributed by atoms with van der Waals surface area (Å²) in [5, 5.41) is 9.57. The van der Waals surface area contributed by atoms with Crippen molar-refractivity contribution >= 4 is 5.97 Å². The predicted molar refractivity (Wildman–Crippen MR) is 72.2 cm³/mol. The first-order chi connectivity index (χ1) is 9.66. The van der Waals surface area contributed by atoms with Gasteiger partial charge in [-0.05, 0) is 24.5 Å². The molecule has 1 aliphatic rings. The Kier molecular flexibility index (Phi) is 3.28. The molecular formula is C15H16N2O3. The minimum Gasteiger partial charge on any atom is -0.480 e. The summed E-state index contributed by atoms with van der Waals surface area (Å²) in [6, 6.07) is 7.13. The molecule has 0 saturated carbocycles. The van der Waals surface area contributed by atoms with Gasteiger partial charge in [-0.1, -0.05) is 24.3 Å². The van der Waals surface area contributed by atoms with Crippen LogP contribution in [0.3, 0.4) is 0 Å². The summed E-state index contributed by atoms with van der Waals surface area (Å²) < 4.78 is 5.19. The average molecular weight is 272 g/mol. The highest BCUT2D eigenvalue weighted by molar-refractivity contribution is 5.76. The molecule has 5 nitrogen and oxygen atoms in total. The molecule has 1 aliphatic heterocycles. The summed E-state index contributed by atoms with van der Waals surface area (Å²) in [4.78, 5) is 17.8. The van der Waals surface area contributed by atoms with Crippen molar-refractivity contribution in [1.29, 1.82) is 0 Å². The van der Waals surface area contributed by atoms with E-state index in [0.29, 0.717) is 13.1 Å². The SMILES string of the molecule is Cc1ocnc1CN1CCc2ccccc2C1C(=O)O. The number of benzene rings is 1. The Balaban J connectivity index is 1.92. The zero-order chi connectivity index (χ0) is 14.1. The Morgan fingerprint density at radius 1 is 1.50 bits per heavy atom. The normalized spacial score (nSPS) is 18.8. The van der Waals surface area contributed by atoms with E-state index in [1.165, 1.54) is 6.39 Å². The zero-order valence-electron chi connectivity index (χ0n) is 11.2. The summed E-state index contributed by atoms with van der Waals surface area (Å²) >= 11 is 0. The van der Waals surface area contributed by atoms with E-state index in [1.54, 1.807) is 0 Å². The number of hydrogen-bond donors (Lipinski definition) is 1. The van der Waals surface area contributed by atoms with Crippen LogP contribution in [-0.2, 0) is 17.8 Å². The van der Waals surface area contributed by atoms with Gasteiger partial charge in [0.15, 0.2) is 6.39 Å². The van der Waals surface area contributed by atoms with Crippen LogP contribution in [-0.4, -0.2) is 27.5 Å². The molecule has 2 aromatic rings. The van der Waals surface area contributed by atoms with Crippen molar-refractivity contribution in [3.63, 3.8) is 0 Å². The topological polar surface area (TPSA) is 66.6 Å². The average Bonchev–Trinajstić information content (AvgIpc) is 2.83. The van der Waals surface area contributed by atoms with Gasteiger partial charge < -0.3 is 9.52 Å². The molecule has 0 aliphatic carbocycles. The lowest BCUT2D eigenvalue weighted by Gasteiger charge is -2.34. The molecule has 1 unspecified atom stereocenters. The van der Waals surface area contributed by atoms with Gasteiger partial charge in [0, 0.05) is 13.1 Å². The number of aryl methyl sites for hydroxylation is 1.